The Morgan fingerprint density at radius 2 is 1.77 bits per heavy atom. The Balaban J connectivity index is 2.36. The molecular formula is C13H11F5N4. The van der Waals surface area contributed by atoms with Crippen molar-refractivity contribution in [1.29, 1.82) is 0 Å². The van der Waals surface area contributed by atoms with Crippen LogP contribution < -0.4 is 10.6 Å². The first-order chi connectivity index (χ1) is 10.3. The summed E-state index contributed by atoms with van der Waals surface area (Å²) in [5.74, 6) is -2.59. The van der Waals surface area contributed by atoms with Gasteiger partial charge in [0.25, 0.3) is 0 Å². The minimum Gasteiger partial charge on any atom is -0.354 e. The van der Waals surface area contributed by atoms with Gasteiger partial charge in [-0.2, -0.15) is 18.2 Å². The minimum absolute atomic E-state index is 0.0631. The van der Waals surface area contributed by atoms with E-state index in [1.807, 2.05) is 0 Å². The fourth-order valence-corrected chi connectivity index (χ4v) is 1.62. The van der Waals surface area contributed by atoms with E-state index in [2.05, 4.69) is 20.6 Å². The lowest BCUT2D eigenvalue weighted by Crippen LogP contribution is -2.13. The zero-order valence-electron chi connectivity index (χ0n) is 11.3. The van der Waals surface area contributed by atoms with Crippen LogP contribution in [0.2, 0.25) is 0 Å². The van der Waals surface area contributed by atoms with Crippen molar-refractivity contribution in [1.82, 2.24) is 9.97 Å². The monoisotopic (exact) mass is 318 g/mol. The van der Waals surface area contributed by atoms with Crippen molar-refractivity contribution in [2.75, 3.05) is 17.2 Å². The number of nitrogens with one attached hydrogen (secondary N) is 2. The fraction of sp³-hybridized carbons (Fsp3) is 0.231. The summed E-state index contributed by atoms with van der Waals surface area (Å²) in [6.45, 7) is 2.00. The molecule has 2 rings (SSSR count). The number of anilines is 3. The van der Waals surface area contributed by atoms with Gasteiger partial charge in [0.05, 0.1) is 0 Å². The summed E-state index contributed by atoms with van der Waals surface area (Å²) in [4.78, 5) is 7.18. The lowest BCUT2D eigenvalue weighted by molar-refractivity contribution is -0.141. The molecule has 4 nitrogen and oxygen atoms in total. The number of hydrogen-bond acceptors (Lipinski definition) is 4. The second-order valence-corrected chi connectivity index (χ2v) is 4.24. The van der Waals surface area contributed by atoms with E-state index >= 15 is 0 Å². The van der Waals surface area contributed by atoms with Crippen LogP contribution in [-0.4, -0.2) is 16.5 Å². The number of rotatable bonds is 4. The van der Waals surface area contributed by atoms with E-state index in [4.69, 9.17) is 0 Å². The van der Waals surface area contributed by atoms with E-state index < -0.39 is 23.5 Å². The minimum atomic E-state index is -4.66. The molecule has 2 N–H and O–H groups in total. The molecule has 22 heavy (non-hydrogen) atoms. The molecule has 1 aromatic carbocycles. The summed E-state index contributed by atoms with van der Waals surface area (Å²) in [5.41, 5.74) is -1.09. The highest BCUT2D eigenvalue weighted by molar-refractivity contribution is 5.57. The van der Waals surface area contributed by atoms with Crippen LogP contribution >= 0.6 is 0 Å². The van der Waals surface area contributed by atoms with Crippen molar-refractivity contribution in [2.24, 2.45) is 0 Å². The van der Waals surface area contributed by atoms with Crippen molar-refractivity contribution < 1.29 is 22.0 Å². The van der Waals surface area contributed by atoms with Crippen LogP contribution in [0.25, 0.3) is 0 Å². The molecular weight excluding hydrogens is 307 g/mol. The summed E-state index contributed by atoms with van der Waals surface area (Å²) in [6, 6.07) is 3.54. The van der Waals surface area contributed by atoms with Crippen molar-refractivity contribution >= 4 is 17.5 Å². The molecule has 0 unspecified atom stereocenters. The van der Waals surface area contributed by atoms with Crippen molar-refractivity contribution in [3.8, 4) is 0 Å². The molecule has 0 fully saturated rings. The molecule has 9 heteroatoms. The Bertz CT molecular complexity index is 672. The standard InChI is InChI=1S/C13H11F5N4/c1-2-19-12-21-10(13(16,17)18)6-11(22-12)20-7-3-4-8(14)9(15)5-7/h3-6H,2H2,1H3,(H2,19,20,21,22). The van der Waals surface area contributed by atoms with Crippen LogP contribution in [-0.2, 0) is 6.18 Å². The molecule has 118 valence electrons. The Hall–Kier alpha value is -2.45. The summed E-state index contributed by atoms with van der Waals surface area (Å²) in [6.07, 6.45) is -4.66. The second-order valence-electron chi connectivity index (χ2n) is 4.24. The summed E-state index contributed by atoms with van der Waals surface area (Å²) in [7, 11) is 0. The Kier molecular flexibility index (Phi) is 4.43. The molecule has 0 saturated heterocycles. The van der Waals surface area contributed by atoms with E-state index in [9.17, 15) is 22.0 Å². The number of benzene rings is 1. The molecule has 0 bridgehead atoms. The maximum atomic E-state index is 13.1. The third-order valence-corrected chi connectivity index (χ3v) is 2.54. The van der Waals surface area contributed by atoms with Crippen LogP contribution in [0.3, 0.4) is 0 Å². The molecule has 2 aromatic rings. The predicted molar refractivity (Wildman–Crippen MR) is 70.8 cm³/mol. The highest BCUT2D eigenvalue weighted by atomic mass is 19.4. The topological polar surface area (TPSA) is 49.8 Å². The summed E-state index contributed by atoms with van der Waals surface area (Å²) < 4.78 is 64.3. The van der Waals surface area contributed by atoms with Gasteiger partial charge in [0.2, 0.25) is 5.95 Å². The predicted octanol–water partition coefficient (Wildman–Crippen LogP) is 3.95. The SMILES string of the molecule is CCNc1nc(Nc2ccc(F)c(F)c2)cc(C(F)(F)F)n1. The molecule has 0 atom stereocenters. The average Bonchev–Trinajstić information content (AvgIpc) is 2.42. The van der Waals surface area contributed by atoms with Crippen molar-refractivity contribution in [3.63, 3.8) is 0 Å². The largest absolute Gasteiger partial charge is 0.433 e. The lowest BCUT2D eigenvalue weighted by Gasteiger charge is -2.12. The van der Waals surface area contributed by atoms with Gasteiger partial charge in [-0.3, -0.25) is 0 Å². The summed E-state index contributed by atoms with van der Waals surface area (Å²) in [5, 5.41) is 5.06. The van der Waals surface area contributed by atoms with Gasteiger partial charge in [-0.25, -0.2) is 13.8 Å². The molecule has 0 spiro atoms. The maximum Gasteiger partial charge on any atom is 0.433 e. The van der Waals surface area contributed by atoms with E-state index in [1.165, 1.54) is 6.07 Å². The number of aromatic nitrogens is 2. The second kappa shape index (κ2) is 6.12. The van der Waals surface area contributed by atoms with Crippen LogP contribution in [0.1, 0.15) is 12.6 Å². The molecule has 0 aliphatic carbocycles. The van der Waals surface area contributed by atoms with E-state index in [0.717, 1.165) is 12.1 Å². The van der Waals surface area contributed by atoms with Gasteiger partial charge in [0.15, 0.2) is 17.3 Å². The van der Waals surface area contributed by atoms with Crippen molar-refractivity contribution in [2.45, 2.75) is 13.1 Å². The highest BCUT2D eigenvalue weighted by Gasteiger charge is 2.33. The van der Waals surface area contributed by atoms with E-state index in [-0.39, 0.29) is 17.5 Å². The average molecular weight is 318 g/mol. The molecule has 0 radical (unpaired) electrons. The summed E-state index contributed by atoms with van der Waals surface area (Å²) >= 11 is 0. The first-order valence-corrected chi connectivity index (χ1v) is 6.22. The van der Waals surface area contributed by atoms with Gasteiger partial charge in [0, 0.05) is 24.4 Å². The first-order valence-electron chi connectivity index (χ1n) is 6.22. The fourth-order valence-electron chi connectivity index (χ4n) is 1.62. The number of hydrogen-bond donors (Lipinski definition) is 2. The zero-order chi connectivity index (χ0) is 16.3. The Labute approximate surface area is 122 Å². The van der Waals surface area contributed by atoms with Gasteiger partial charge in [-0.05, 0) is 19.1 Å². The smallest absolute Gasteiger partial charge is 0.354 e. The van der Waals surface area contributed by atoms with E-state index in [1.54, 1.807) is 6.92 Å². The number of nitrogens with zero attached hydrogens (tertiary/aromatic N) is 2. The molecule has 0 amide bonds. The third-order valence-electron chi connectivity index (χ3n) is 2.54. The number of halogens is 5. The van der Waals surface area contributed by atoms with Gasteiger partial charge < -0.3 is 10.6 Å². The molecule has 1 heterocycles. The normalized spacial score (nSPS) is 11.4. The first kappa shape index (κ1) is 15.9. The Morgan fingerprint density at radius 1 is 1.05 bits per heavy atom. The highest BCUT2D eigenvalue weighted by Crippen LogP contribution is 2.30. The van der Waals surface area contributed by atoms with Gasteiger partial charge in [-0.1, -0.05) is 0 Å². The molecule has 0 aliphatic rings. The molecule has 0 saturated carbocycles. The maximum absolute atomic E-state index is 13.1. The zero-order valence-corrected chi connectivity index (χ0v) is 11.3. The quantitative estimate of drug-likeness (QED) is 0.838. The molecule has 1 aromatic heterocycles. The third kappa shape index (κ3) is 3.80. The number of alkyl halides is 3. The van der Waals surface area contributed by atoms with Gasteiger partial charge >= 0.3 is 6.18 Å². The van der Waals surface area contributed by atoms with Crippen LogP contribution in [0, 0.1) is 11.6 Å². The van der Waals surface area contributed by atoms with Crippen LogP contribution in [0.15, 0.2) is 24.3 Å². The van der Waals surface area contributed by atoms with Gasteiger partial charge in [0.1, 0.15) is 5.82 Å². The molecule has 0 aliphatic heterocycles. The van der Waals surface area contributed by atoms with Crippen molar-refractivity contribution in [3.05, 3.63) is 41.6 Å². The van der Waals surface area contributed by atoms with E-state index in [0.29, 0.717) is 12.6 Å². The van der Waals surface area contributed by atoms with Crippen LogP contribution in [0.4, 0.5) is 39.4 Å². The van der Waals surface area contributed by atoms with Gasteiger partial charge in [-0.15, -0.1) is 0 Å². The Morgan fingerprint density at radius 3 is 2.36 bits per heavy atom. The lowest BCUT2D eigenvalue weighted by atomic mass is 10.3. The van der Waals surface area contributed by atoms with Crippen LogP contribution in [0.5, 0.6) is 0 Å².